The summed E-state index contributed by atoms with van der Waals surface area (Å²) in [5.74, 6) is 1.72. The Labute approximate surface area is 163 Å². The molecule has 0 saturated heterocycles. The number of carbonyl (C=O) groups is 1. The fraction of sp³-hybridized carbons (Fsp3) is 0.381. The summed E-state index contributed by atoms with van der Waals surface area (Å²) < 4.78 is 30.3. The van der Waals surface area contributed by atoms with Gasteiger partial charge in [0.2, 0.25) is 12.7 Å². The summed E-state index contributed by atoms with van der Waals surface area (Å²) in [7, 11) is 0. The van der Waals surface area contributed by atoms with Crippen LogP contribution in [-0.2, 0) is 4.79 Å². The second kappa shape index (κ2) is 8.37. The smallest absolute Gasteiger partial charge is 0.239 e. The van der Waals surface area contributed by atoms with Gasteiger partial charge in [0, 0.05) is 12.1 Å². The van der Waals surface area contributed by atoms with Crippen LogP contribution in [0, 0.1) is 5.82 Å². The van der Waals surface area contributed by atoms with Gasteiger partial charge in [-0.1, -0.05) is 12.1 Å². The minimum atomic E-state index is -0.364. The first kappa shape index (κ1) is 18.4. The highest BCUT2D eigenvalue weighted by Gasteiger charge is 2.24. The highest BCUT2D eigenvalue weighted by Crippen LogP contribution is 2.36. The van der Waals surface area contributed by atoms with Crippen LogP contribution in [0.2, 0.25) is 0 Å². The maximum atomic E-state index is 13.6. The highest BCUT2D eigenvalue weighted by molar-refractivity contribution is 5.81. The second-order valence-electron chi connectivity index (χ2n) is 7.01. The normalized spacial score (nSPS) is 20.5. The van der Waals surface area contributed by atoms with E-state index in [-0.39, 0.29) is 37.2 Å². The summed E-state index contributed by atoms with van der Waals surface area (Å²) in [6.07, 6.45) is 3.53. The standard InChI is InChI=1S/C21H23FN2O4/c22-17-3-1-2-4-18(17)23-12-21(25)24-14-5-7-15(8-6-14)28-16-9-10-19-20(11-16)27-13-26-19/h1-4,9-11,14-15,23H,5-8,12-13H2,(H,24,25). The Morgan fingerprint density at radius 3 is 2.68 bits per heavy atom. The molecule has 0 spiro atoms. The van der Waals surface area contributed by atoms with Crippen LogP contribution in [0.3, 0.4) is 0 Å². The molecule has 6 nitrogen and oxygen atoms in total. The number of halogens is 1. The van der Waals surface area contributed by atoms with Crippen molar-refractivity contribution in [2.45, 2.75) is 37.8 Å². The highest BCUT2D eigenvalue weighted by atomic mass is 19.1. The summed E-state index contributed by atoms with van der Waals surface area (Å²) in [6.45, 7) is 0.296. The van der Waals surface area contributed by atoms with Crippen LogP contribution in [0.5, 0.6) is 17.2 Å². The lowest BCUT2D eigenvalue weighted by molar-refractivity contribution is -0.120. The molecule has 4 rings (SSSR count). The minimum Gasteiger partial charge on any atom is -0.490 e. The van der Waals surface area contributed by atoms with Gasteiger partial charge in [-0.3, -0.25) is 4.79 Å². The van der Waals surface area contributed by atoms with E-state index in [9.17, 15) is 9.18 Å². The van der Waals surface area contributed by atoms with Crippen LogP contribution in [0.1, 0.15) is 25.7 Å². The number of rotatable bonds is 6. The predicted octanol–water partition coefficient (Wildman–Crippen LogP) is 3.47. The summed E-state index contributed by atoms with van der Waals surface area (Å²) in [5, 5.41) is 5.84. The first-order valence-corrected chi connectivity index (χ1v) is 9.51. The van der Waals surface area contributed by atoms with Gasteiger partial charge >= 0.3 is 0 Å². The molecule has 1 aliphatic carbocycles. The zero-order valence-electron chi connectivity index (χ0n) is 15.4. The van der Waals surface area contributed by atoms with E-state index in [1.54, 1.807) is 18.2 Å². The van der Waals surface area contributed by atoms with Gasteiger partial charge in [-0.2, -0.15) is 0 Å². The summed E-state index contributed by atoms with van der Waals surface area (Å²) in [6, 6.07) is 12.0. The number of anilines is 1. The molecule has 0 atom stereocenters. The van der Waals surface area contributed by atoms with Crippen molar-refractivity contribution in [1.82, 2.24) is 5.32 Å². The Bertz CT molecular complexity index is 837. The average molecular weight is 386 g/mol. The second-order valence-corrected chi connectivity index (χ2v) is 7.01. The van der Waals surface area contributed by atoms with E-state index in [4.69, 9.17) is 14.2 Å². The van der Waals surface area contributed by atoms with E-state index in [0.29, 0.717) is 11.4 Å². The molecule has 1 aliphatic heterocycles. The molecule has 2 aliphatic rings. The predicted molar refractivity (Wildman–Crippen MR) is 102 cm³/mol. The average Bonchev–Trinajstić information content (AvgIpc) is 3.17. The lowest BCUT2D eigenvalue weighted by Crippen LogP contribution is -2.42. The number of ether oxygens (including phenoxy) is 3. The maximum Gasteiger partial charge on any atom is 0.239 e. The molecule has 7 heteroatoms. The third kappa shape index (κ3) is 4.47. The van der Waals surface area contributed by atoms with Crippen molar-refractivity contribution in [3.8, 4) is 17.2 Å². The number of fused-ring (bicyclic) bond motifs is 1. The molecule has 0 bridgehead atoms. The molecule has 0 aromatic heterocycles. The van der Waals surface area contributed by atoms with Crippen molar-refractivity contribution < 1.29 is 23.4 Å². The molecule has 1 amide bonds. The molecule has 2 aromatic carbocycles. The first-order valence-electron chi connectivity index (χ1n) is 9.51. The molecule has 28 heavy (non-hydrogen) atoms. The zero-order chi connectivity index (χ0) is 19.3. The van der Waals surface area contributed by atoms with E-state index in [1.807, 2.05) is 18.2 Å². The molecule has 148 valence electrons. The molecule has 0 unspecified atom stereocenters. The number of para-hydroxylation sites is 1. The maximum absolute atomic E-state index is 13.6. The molecule has 2 aromatic rings. The van der Waals surface area contributed by atoms with E-state index >= 15 is 0 Å². The zero-order valence-corrected chi connectivity index (χ0v) is 15.4. The lowest BCUT2D eigenvalue weighted by atomic mass is 9.93. The van der Waals surface area contributed by atoms with Crippen molar-refractivity contribution in [2.75, 3.05) is 18.7 Å². The molecule has 1 fully saturated rings. The fourth-order valence-corrected chi connectivity index (χ4v) is 3.53. The van der Waals surface area contributed by atoms with Crippen LogP contribution in [0.4, 0.5) is 10.1 Å². The van der Waals surface area contributed by atoms with Crippen molar-refractivity contribution in [3.63, 3.8) is 0 Å². The van der Waals surface area contributed by atoms with Gasteiger partial charge in [0.25, 0.3) is 0 Å². The van der Waals surface area contributed by atoms with E-state index in [2.05, 4.69) is 10.6 Å². The van der Waals surface area contributed by atoms with Crippen LogP contribution < -0.4 is 24.8 Å². The molecular formula is C21H23FN2O4. The number of carbonyl (C=O) groups excluding carboxylic acids is 1. The van der Waals surface area contributed by atoms with E-state index < -0.39 is 0 Å². The minimum absolute atomic E-state index is 0.0502. The van der Waals surface area contributed by atoms with Crippen molar-refractivity contribution >= 4 is 11.6 Å². The molecule has 2 N–H and O–H groups in total. The third-order valence-corrected chi connectivity index (χ3v) is 5.00. The van der Waals surface area contributed by atoms with Crippen LogP contribution in [-0.4, -0.2) is 31.4 Å². The topological polar surface area (TPSA) is 68.8 Å². The molecular weight excluding hydrogens is 363 g/mol. The van der Waals surface area contributed by atoms with Crippen molar-refractivity contribution in [2.24, 2.45) is 0 Å². The first-order chi connectivity index (χ1) is 13.7. The largest absolute Gasteiger partial charge is 0.490 e. The number of nitrogens with one attached hydrogen (secondary N) is 2. The van der Waals surface area contributed by atoms with Crippen LogP contribution in [0.15, 0.2) is 42.5 Å². The number of amides is 1. The van der Waals surface area contributed by atoms with Gasteiger partial charge in [-0.05, 0) is 49.9 Å². The van der Waals surface area contributed by atoms with E-state index in [0.717, 1.165) is 37.2 Å². The number of hydrogen-bond acceptors (Lipinski definition) is 5. The Morgan fingerprint density at radius 2 is 1.86 bits per heavy atom. The van der Waals surface area contributed by atoms with Crippen molar-refractivity contribution in [1.29, 1.82) is 0 Å². The summed E-state index contributed by atoms with van der Waals surface area (Å²) in [4.78, 5) is 12.1. The van der Waals surface area contributed by atoms with Crippen LogP contribution >= 0.6 is 0 Å². The van der Waals surface area contributed by atoms with Crippen LogP contribution in [0.25, 0.3) is 0 Å². The molecule has 1 saturated carbocycles. The van der Waals surface area contributed by atoms with Gasteiger partial charge in [0.05, 0.1) is 18.3 Å². The Hall–Kier alpha value is -2.96. The third-order valence-electron chi connectivity index (χ3n) is 5.00. The number of hydrogen-bond donors (Lipinski definition) is 2. The number of benzene rings is 2. The van der Waals surface area contributed by atoms with Gasteiger partial charge in [0.15, 0.2) is 11.5 Å². The summed E-state index contributed by atoms with van der Waals surface area (Å²) >= 11 is 0. The summed E-state index contributed by atoms with van der Waals surface area (Å²) in [5.41, 5.74) is 0.332. The van der Waals surface area contributed by atoms with Gasteiger partial charge in [-0.25, -0.2) is 4.39 Å². The molecule has 1 heterocycles. The fourth-order valence-electron chi connectivity index (χ4n) is 3.53. The Balaban J connectivity index is 1.20. The molecule has 0 radical (unpaired) electrons. The Morgan fingerprint density at radius 1 is 1.07 bits per heavy atom. The quantitative estimate of drug-likeness (QED) is 0.796. The van der Waals surface area contributed by atoms with Gasteiger partial charge in [0.1, 0.15) is 11.6 Å². The monoisotopic (exact) mass is 386 g/mol. The van der Waals surface area contributed by atoms with Crippen molar-refractivity contribution in [3.05, 3.63) is 48.3 Å². The van der Waals surface area contributed by atoms with Gasteiger partial charge < -0.3 is 24.8 Å². The lowest BCUT2D eigenvalue weighted by Gasteiger charge is -2.29. The van der Waals surface area contributed by atoms with Gasteiger partial charge in [-0.15, -0.1) is 0 Å². The Kier molecular flexibility index (Phi) is 5.50. The van der Waals surface area contributed by atoms with E-state index in [1.165, 1.54) is 6.07 Å². The SMILES string of the molecule is O=C(CNc1ccccc1F)NC1CCC(Oc2ccc3c(c2)OCO3)CC1.